The first-order chi connectivity index (χ1) is 5.52. The van der Waals surface area contributed by atoms with Crippen LogP contribution in [0.4, 0.5) is 0 Å². The van der Waals surface area contributed by atoms with Gasteiger partial charge in [0.15, 0.2) is 14.0 Å². The van der Waals surface area contributed by atoms with Crippen LogP contribution < -0.4 is 0 Å². The Bertz CT molecular complexity index is 211. The highest BCUT2D eigenvalue weighted by Crippen LogP contribution is 2.87. The van der Waals surface area contributed by atoms with Gasteiger partial charge in [-0.15, -0.1) is 4.52 Å². The zero-order valence-electron chi connectivity index (χ0n) is 6.70. The molecule has 0 saturated carbocycles. The van der Waals surface area contributed by atoms with Crippen molar-refractivity contribution in [1.82, 2.24) is 0 Å². The molecule has 5 heteroatoms. The molecule has 68 valence electrons. The Morgan fingerprint density at radius 2 is 2.42 bits per heavy atom. The van der Waals surface area contributed by atoms with Gasteiger partial charge in [-0.25, -0.2) is 9.63 Å². The summed E-state index contributed by atoms with van der Waals surface area (Å²) in [6.07, 6.45) is 1.99. The van der Waals surface area contributed by atoms with Crippen LogP contribution in [0.1, 0.15) is 19.8 Å². The van der Waals surface area contributed by atoms with E-state index in [2.05, 4.69) is 6.92 Å². The van der Waals surface area contributed by atoms with Crippen LogP contribution in [0.15, 0.2) is 0 Å². The van der Waals surface area contributed by atoms with Gasteiger partial charge in [0.2, 0.25) is 0 Å². The van der Waals surface area contributed by atoms with E-state index >= 15 is 0 Å². The lowest BCUT2D eigenvalue weighted by Gasteiger charge is -2.02. The second-order valence-electron chi connectivity index (χ2n) is 3.15. The predicted molar refractivity (Wildman–Crippen MR) is 51.8 cm³/mol. The van der Waals surface area contributed by atoms with Gasteiger partial charge in [-0.2, -0.15) is 0 Å². The number of ether oxygens (including phenoxy) is 1. The molecule has 1 N–H and O–H groups in total. The Morgan fingerprint density at radius 1 is 1.83 bits per heavy atom. The van der Waals surface area contributed by atoms with E-state index in [-0.39, 0.29) is 19.3 Å². The molecule has 0 aromatic carbocycles. The molecule has 1 spiro atoms. The highest BCUT2D eigenvalue weighted by Gasteiger charge is 2.87. The lowest BCUT2D eigenvalue weighted by Crippen LogP contribution is -2.23. The fourth-order valence-corrected chi connectivity index (χ4v) is 3.89. The smallest absolute Gasteiger partial charge is 0.239 e. The molecule has 0 radical (unpaired) electrons. The van der Waals surface area contributed by atoms with Gasteiger partial charge in [-0.05, 0) is 6.42 Å². The van der Waals surface area contributed by atoms with E-state index in [1.165, 1.54) is 6.00 Å². The molecule has 2 heterocycles. The Kier molecular flexibility index (Phi) is 1.75. The van der Waals surface area contributed by atoms with Crippen LogP contribution in [0.25, 0.3) is 0 Å². The predicted octanol–water partition coefficient (Wildman–Crippen LogP) is 0.236. The molecule has 2 saturated heterocycles. The average Bonchev–Trinajstić information content (AvgIpc) is 2.37. The molecular formula is C7H15BO3P+. The summed E-state index contributed by atoms with van der Waals surface area (Å²) in [6.45, 7) is 3.93. The van der Waals surface area contributed by atoms with Crippen LogP contribution >= 0.6 is 7.72 Å². The highest BCUT2D eigenvalue weighted by molar-refractivity contribution is 7.72. The van der Waals surface area contributed by atoms with Gasteiger partial charge in [-0.1, -0.05) is 6.92 Å². The Hall–Kier alpha value is 0.245. The van der Waals surface area contributed by atoms with Crippen molar-refractivity contribution in [2.75, 3.05) is 6.66 Å². The Morgan fingerprint density at radius 3 is 2.75 bits per heavy atom. The van der Waals surface area contributed by atoms with Gasteiger partial charge in [0, 0.05) is 6.00 Å². The SMILES string of the molecule is [BH3-][C+]1C[C@]2(O[P+]2(C)O)C(CC)O1. The van der Waals surface area contributed by atoms with Crippen LogP contribution in [-0.2, 0) is 9.26 Å². The minimum Gasteiger partial charge on any atom is -0.239 e. The maximum Gasteiger partial charge on any atom is 0.338 e. The second-order valence-corrected chi connectivity index (χ2v) is 5.85. The first-order valence-corrected chi connectivity index (χ1v) is 5.92. The van der Waals surface area contributed by atoms with Crippen LogP contribution in [0.2, 0.25) is 0 Å². The summed E-state index contributed by atoms with van der Waals surface area (Å²) in [7, 11) is -1.88. The summed E-state index contributed by atoms with van der Waals surface area (Å²) >= 11 is 0. The van der Waals surface area contributed by atoms with Crippen molar-refractivity contribution in [2.45, 2.75) is 31.2 Å². The largest absolute Gasteiger partial charge is 0.338 e. The molecule has 0 bridgehead atoms. The van der Waals surface area contributed by atoms with Gasteiger partial charge >= 0.3 is 13.1 Å². The molecule has 0 aliphatic carbocycles. The third-order valence-electron chi connectivity index (χ3n) is 2.43. The van der Waals surface area contributed by atoms with E-state index in [4.69, 9.17) is 9.26 Å². The van der Waals surface area contributed by atoms with Crippen molar-refractivity contribution in [1.29, 1.82) is 0 Å². The zero-order chi connectivity index (χ0) is 8.98. The van der Waals surface area contributed by atoms with E-state index in [1.807, 2.05) is 6.66 Å². The number of hydrogen-bond acceptors (Lipinski definition) is 3. The van der Waals surface area contributed by atoms with Gasteiger partial charge in [-0.3, -0.25) is 0 Å². The van der Waals surface area contributed by atoms with Gasteiger partial charge in [0.25, 0.3) is 0 Å². The lowest BCUT2D eigenvalue weighted by molar-refractivity contribution is 0.0916. The molecule has 2 rings (SSSR count). The Labute approximate surface area is 74.3 Å². The van der Waals surface area contributed by atoms with Crippen molar-refractivity contribution < 1.29 is 14.2 Å². The summed E-state index contributed by atoms with van der Waals surface area (Å²) in [6, 6.07) is 1.25. The summed E-state index contributed by atoms with van der Waals surface area (Å²) < 4.78 is 11.2. The van der Waals surface area contributed by atoms with E-state index in [0.29, 0.717) is 0 Å². The van der Waals surface area contributed by atoms with Crippen LogP contribution in [0, 0.1) is 6.00 Å². The fraction of sp³-hybridized carbons (Fsp3) is 0.857. The average molecular weight is 189 g/mol. The summed E-state index contributed by atoms with van der Waals surface area (Å²) in [5.41, 5.74) is 0. The van der Waals surface area contributed by atoms with Gasteiger partial charge < -0.3 is 0 Å². The molecule has 0 aromatic rings. The van der Waals surface area contributed by atoms with Crippen LogP contribution in [-0.4, -0.2) is 30.9 Å². The molecule has 2 unspecified atom stereocenters. The fourth-order valence-electron chi connectivity index (χ4n) is 1.65. The molecule has 3 nitrogen and oxygen atoms in total. The van der Waals surface area contributed by atoms with Crippen LogP contribution in [0.3, 0.4) is 0 Å². The van der Waals surface area contributed by atoms with Crippen molar-refractivity contribution in [3.63, 3.8) is 0 Å². The van der Waals surface area contributed by atoms with Crippen LogP contribution in [0.5, 0.6) is 0 Å². The van der Waals surface area contributed by atoms with Gasteiger partial charge in [0.1, 0.15) is 13.1 Å². The summed E-state index contributed by atoms with van der Waals surface area (Å²) in [5.74, 6) is 0. The third kappa shape index (κ3) is 0.957. The summed E-state index contributed by atoms with van der Waals surface area (Å²) in [5, 5.41) is -0.251. The lowest BCUT2D eigenvalue weighted by atomic mass is 9.95. The maximum atomic E-state index is 9.82. The highest BCUT2D eigenvalue weighted by atomic mass is 31.2. The maximum absolute atomic E-state index is 9.82. The quantitative estimate of drug-likeness (QED) is 0.278. The zero-order valence-corrected chi connectivity index (χ0v) is 7.60. The van der Waals surface area contributed by atoms with E-state index in [9.17, 15) is 4.89 Å². The van der Waals surface area contributed by atoms with E-state index < -0.39 is 7.72 Å². The third-order valence-corrected chi connectivity index (χ3v) is 4.89. The van der Waals surface area contributed by atoms with Crippen molar-refractivity contribution in [3.05, 3.63) is 6.00 Å². The first-order valence-electron chi connectivity index (χ1n) is 3.81. The normalized spacial score (nSPS) is 52.0. The number of hydrogen-bond donors (Lipinski definition) is 1. The Balaban J connectivity index is 2.17. The number of rotatable bonds is 1. The standard InChI is InChI=1S/C7H15BO3P/c1-3-5-7(4-6(8)10-5)11-12(7,2)9/h5,9H,3-4H2,1-2,8H3/q+1/t5?,7-,12?/m1/s1. The molecule has 0 amide bonds. The molecule has 2 aliphatic rings. The van der Waals surface area contributed by atoms with Crippen molar-refractivity contribution >= 4 is 15.6 Å². The van der Waals surface area contributed by atoms with Crippen molar-refractivity contribution in [2.24, 2.45) is 0 Å². The van der Waals surface area contributed by atoms with E-state index in [1.54, 1.807) is 0 Å². The molecule has 2 fully saturated rings. The molecule has 0 aromatic heterocycles. The van der Waals surface area contributed by atoms with Crippen molar-refractivity contribution in [3.8, 4) is 0 Å². The first kappa shape index (κ1) is 8.83. The van der Waals surface area contributed by atoms with E-state index in [0.717, 1.165) is 12.8 Å². The minimum absolute atomic E-state index is 0.147. The minimum atomic E-state index is -2.03. The molecule has 2 aliphatic heterocycles. The molecule has 12 heavy (non-hydrogen) atoms. The molecular weight excluding hydrogens is 174 g/mol. The summed E-state index contributed by atoms with van der Waals surface area (Å²) in [4.78, 5) is 9.82. The second kappa shape index (κ2) is 2.39. The monoisotopic (exact) mass is 189 g/mol. The van der Waals surface area contributed by atoms with Gasteiger partial charge in [0.05, 0.1) is 0 Å². The molecule has 3 atom stereocenters. The topological polar surface area (TPSA) is 42.0 Å².